The Balaban J connectivity index is 1.57. The van der Waals surface area contributed by atoms with E-state index in [2.05, 4.69) is 15.5 Å². The van der Waals surface area contributed by atoms with Gasteiger partial charge >= 0.3 is 0 Å². The lowest BCUT2D eigenvalue weighted by molar-refractivity contribution is -0.120. The lowest BCUT2D eigenvalue weighted by Crippen LogP contribution is -2.24. The summed E-state index contributed by atoms with van der Waals surface area (Å²) < 4.78 is 10.4. The molecular weight excluding hydrogens is 354 g/mol. The second-order valence-corrected chi connectivity index (χ2v) is 6.22. The first-order valence-corrected chi connectivity index (χ1v) is 8.41. The maximum atomic E-state index is 12.1. The average molecular weight is 372 g/mol. The first-order valence-electron chi connectivity index (χ1n) is 8.04. The number of amides is 1. The minimum atomic E-state index is -0.128. The first-order chi connectivity index (χ1) is 12.5. The van der Waals surface area contributed by atoms with E-state index in [9.17, 15) is 4.79 Å². The number of nitrogens with one attached hydrogen (secondary N) is 1. The molecule has 134 valence electrons. The Kier molecular flexibility index (Phi) is 5.53. The number of aromatic nitrogens is 2. The summed E-state index contributed by atoms with van der Waals surface area (Å²) in [7, 11) is 1.62. The van der Waals surface area contributed by atoms with Crippen molar-refractivity contribution in [2.24, 2.45) is 0 Å². The minimum absolute atomic E-state index is 0.128. The lowest BCUT2D eigenvalue weighted by atomic mass is 10.1. The third-order valence-electron chi connectivity index (χ3n) is 3.81. The number of aryl methyl sites for hydroxylation is 1. The number of ether oxygens (including phenoxy) is 1. The van der Waals surface area contributed by atoms with Gasteiger partial charge in [-0.1, -0.05) is 41.0 Å². The molecule has 26 heavy (non-hydrogen) atoms. The SMILES string of the molecule is COc1ccc(CC(=O)NCc2nc(-c3cccc(Cl)c3)no2)cc1C. The lowest BCUT2D eigenvalue weighted by Gasteiger charge is -2.07. The maximum Gasteiger partial charge on any atom is 0.246 e. The van der Waals surface area contributed by atoms with E-state index in [4.69, 9.17) is 20.9 Å². The highest BCUT2D eigenvalue weighted by Gasteiger charge is 2.11. The molecule has 1 amide bonds. The molecule has 0 spiro atoms. The Hall–Kier alpha value is -2.86. The molecule has 1 N–H and O–H groups in total. The fourth-order valence-corrected chi connectivity index (χ4v) is 2.73. The molecule has 0 atom stereocenters. The van der Waals surface area contributed by atoms with Crippen LogP contribution in [0.25, 0.3) is 11.4 Å². The first kappa shape index (κ1) is 17.9. The zero-order chi connectivity index (χ0) is 18.5. The number of halogens is 1. The van der Waals surface area contributed by atoms with Crippen LogP contribution in [0.2, 0.25) is 5.02 Å². The summed E-state index contributed by atoms with van der Waals surface area (Å²) in [5.41, 5.74) is 2.65. The number of hydrogen-bond donors (Lipinski definition) is 1. The number of methoxy groups -OCH3 is 1. The van der Waals surface area contributed by atoms with Crippen LogP contribution < -0.4 is 10.1 Å². The van der Waals surface area contributed by atoms with Crippen LogP contribution in [-0.4, -0.2) is 23.2 Å². The van der Waals surface area contributed by atoms with Crippen molar-refractivity contribution in [1.82, 2.24) is 15.5 Å². The molecular formula is C19H18ClN3O3. The van der Waals surface area contributed by atoms with Crippen LogP contribution in [0.3, 0.4) is 0 Å². The highest BCUT2D eigenvalue weighted by molar-refractivity contribution is 6.30. The molecule has 3 aromatic rings. The van der Waals surface area contributed by atoms with E-state index >= 15 is 0 Å². The average Bonchev–Trinajstić information content (AvgIpc) is 3.09. The number of benzene rings is 2. The van der Waals surface area contributed by atoms with E-state index < -0.39 is 0 Å². The van der Waals surface area contributed by atoms with Crippen molar-refractivity contribution in [3.8, 4) is 17.1 Å². The van der Waals surface area contributed by atoms with E-state index in [1.807, 2.05) is 37.3 Å². The van der Waals surface area contributed by atoms with E-state index in [-0.39, 0.29) is 18.9 Å². The van der Waals surface area contributed by atoms with Crippen LogP contribution >= 0.6 is 11.6 Å². The van der Waals surface area contributed by atoms with Gasteiger partial charge in [0.1, 0.15) is 5.75 Å². The van der Waals surface area contributed by atoms with Crippen molar-refractivity contribution < 1.29 is 14.1 Å². The molecule has 0 fully saturated rings. The standard InChI is InChI=1S/C19H18ClN3O3/c1-12-8-13(6-7-16(12)25-2)9-17(24)21-11-18-22-19(23-26-18)14-4-3-5-15(20)10-14/h3-8,10H,9,11H2,1-2H3,(H,21,24). The summed E-state index contributed by atoms with van der Waals surface area (Å²) in [4.78, 5) is 16.4. The zero-order valence-electron chi connectivity index (χ0n) is 14.5. The van der Waals surface area contributed by atoms with Gasteiger partial charge in [0.05, 0.1) is 20.1 Å². The molecule has 3 rings (SSSR count). The number of carbonyl (C=O) groups is 1. The van der Waals surface area contributed by atoms with Gasteiger partial charge in [0, 0.05) is 10.6 Å². The molecule has 0 aliphatic rings. The normalized spacial score (nSPS) is 10.6. The van der Waals surface area contributed by atoms with E-state index in [0.717, 1.165) is 22.4 Å². The van der Waals surface area contributed by atoms with Gasteiger partial charge in [0.25, 0.3) is 0 Å². The quantitative estimate of drug-likeness (QED) is 0.716. The molecule has 0 bridgehead atoms. The van der Waals surface area contributed by atoms with Crippen LogP contribution in [0.1, 0.15) is 17.0 Å². The van der Waals surface area contributed by atoms with Gasteiger partial charge in [-0.25, -0.2) is 0 Å². The van der Waals surface area contributed by atoms with Gasteiger partial charge in [-0.15, -0.1) is 0 Å². The maximum absolute atomic E-state index is 12.1. The molecule has 0 radical (unpaired) electrons. The molecule has 0 aliphatic carbocycles. The van der Waals surface area contributed by atoms with Crippen molar-refractivity contribution in [3.05, 3.63) is 64.5 Å². The Bertz CT molecular complexity index is 924. The monoisotopic (exact) mass is 371 g/mol. The third kappa shape index (κ3) is 4.40. The van der Waals surface area contributed by atoms with Crippen LogP contribution in [0.4, 0.5) is 0 Å². The third-order valence-corrected chi connectivity index (χ3v) is 4.05. The molecule has 0 aliphatic heterocycles. The molecule has 2 aromatic carbocycles. The molecule has 0 saturated heterocycles. The second kappa shape index (κ2) is 8.01. The number of hydrogen-bond acceptors (Lipinski definition) is 5. The minimum Gasteiger partial charge on any atom is -0.496 e. The van der Waals surface area contributed by atoms with Crippen molar-refractivity contribution in [2.45, 2.75) is 19.9 Å². The number of carbonyl (C=O) groups excluding carboxylic acids is 1. The fourth-order valence-electron chi connectivity index (χ4n) is 2.54. The Morgan fingerprint density at radius 3 is 2.85 bits per heavy atom. The molecule has 1 aromatic heterocycles. The molecule has 0 saturated carbocycles. The predicted octanol–water partition coefficient (Wildman–Crippen LogP) is 3.57. The van der Waals surface area contributed by atoms with E-state index in [0.29, 0.717) is 16.7 Å². The number of nitrogens with zero attached hydrogens (tertiary/aromatic N) is 2. The summed E-state index contributed by atoms with van der Waals surface area (Å²) in [6, 6.07) is 12.8. The van der Waals surface area contributed by atoms with Crippen LogP contribution in [0.15, 0.2) is 47.0 Å². The van der Waals surface area contributed by atoms with Crippen LogP contribution in [0.5, 0.6) is 5.75 Å². The van der Waals surface area contributed by atoms with Crippen molar-refractivity contribution in [3.63, 3.8) is 0 Å². The summed E-state index contributed by atoms with van der Waals surface area (Å²) in [5.74, 6) is 1.44. The van der Waals surface area contributed by atoms with Crippen LogP contribution in [0, 0.1) is 6.92 Å². The topological polar surface area (TPSA) is 77.2 Å². The summed E-state index contributed by atoms with van der Waals surface area (Å²) in [6.45, 7) is 2.11. The molecule has 1 heterocycles. The van der Waals surface area contributed by atoms with Gasteiger partial charge in [0.15, 0.2) is 0 Å². The molecule has 0 unspecified atom stereocenters. The van der Waals surface area contributed by atoms with Gasteiger partial charge in [-0.3, -0.25) is 4.79 Å². The van der Waals surface area contributed by atoms with Crippen molar-refractivity contribution in [2.75, 3.05) is 7.11 Å². The van der Waals surface area contributed by atoms with Gasteiger partial charge in [-0.2, -0.15) is 4.98 Å². The predicted molar refractivity (Wildman–Crippen MR) is 98.0 cm³/mol. The van der Waals surface area contributed by atoms with E-state index in [1.54, 1.807) is 19.2 Å². The highest BCUT2D eigenvalue weighted by Crippen LogP contribution is 2.20. The molecule has 7 heteroatoms. The Morgan fingerprint density at radius 1 is 1.27 bits per heavy atom. The summed E-state index contributed by atoms with van der Waals surface area (Å²) >= 11 is 5.96. The van der Waals surface area contributed by atoms with Crippen molar-refractivity contribution >= 4 is 17.5 Å². The summed E-state index contributed by atoms with van der Waals surface area (Å²) in [6.07, 6.45) is 0.264. The Morgan fingerprint density at radius 2 is 2.12 bits per heavy atom. The van der Waals surface area contributed by atoms with Gasteiger partial charge in [0.2, 0.25) is 17.6 Å². The van der Waals surface area contributed by atoms with E-state index in [1.165, 1.54) is 0 Å². The number of rotatable bonds is 6. The fraction of sp³-hybridized carbons (Fsp3) is 0.211. The largest absolute Gasteiger partial charge is 0.496 e. The Labute approximate surface area is 156 Å². The second-order valence-electron chi connectivity index (χ2n) is 5.78. The zero-order valence-corrected chi connectivity index (χ0v) is 15.2. The van der Waals surface area contributed by atoms with Gasteiger partial charge in [-0.05, 0) is 36.2 Å². The smallest absolute Gasteiger partial charge is 0.246 e. The highest BCUT2D eigenvalue weighted by atomic mass is 35.5. The van der Waals surface area contributed by atoms with Crippen LogP contribution in [-0.2, 0) is 17.8 Å². The van der Waals surface area contributed by atoms with Crippen molar-refractivity contribution in [1.29, 1.82) is 0 Å². The van der Waals surface area contributed by atoms with Gasteiger partial charge < -0.3 is 14.6 Å². The summed E-state index contributed by atoms with van der Waals surface area (Å²) in [5, 5.41) is 7.28. The molecule has 6 nitrogen and oxygen atoms in total.